The van der Waals surface area contributed by atoms with Gasteiger partial charge in [-0.2, -0.15) is 0 Å². The summed E-state index contributed by atoms with van der Waals surface area (Å²) in [5, 5.41) is 0. The van der Waals surface area contributed by atoms with Gasteiger partial charge in [-0.1, -0.05) is 12.8 Å². The van der Waals surface area contributed by atoms with Crippen molar-refractivity contribution in [1.82, 2.24) is 0 Å². The van der Waals surface area contributed by atoms with Crippen LogP contribution in [0.4, 0.5) is 0 Å². The normalized spacial score (nSPS) is 31.8. The van der Waals surface area contributed by atoms with Gasteiger partial charge in [0.05, 0.1) is 0 Å². The Kier molecular flexibility index (Phi) is 8.17. The molecule has 64 valence electrons. The Hall–Kier alpha value is 0.500. The van der Waals surface area contributed by atoms with Crippen LogP contribution >= 0.6 is 24.8 Å². The highest BCUT2D eigenvalue weighted by Crippen LogP contribution is 2.14. The molecule has 0 heterocycles. The second kappa shape index (κ2) is 6.23. The lowest BCUT2D eigenvalue weighted by Gasteiger charge is -2.24. The van der Waals surface area contributed by atoms with E-state index >= 15 is 0 Å². The van der Waals surface area contributed by atoms with E-state index < -0.39 is 0 Å². The maximum absolute atomic E-state index is 5.65. The molecule has 1 rings (SSSR count). The van der Waals surface area contributed by atoms with Crippen LogP contribution in [0.25, 0.3) is 0 Å². The summed E-state index contributed by atoms with van der Waals surface area (Å²) in [7, 11) is 0. The molecule has 0 aromatic carbocycles. The summed E-state index contributed by atoms with van der Waals surface area (Å²) in [6, 6.07) is 0.562. The molecule has 1 aliphatic rings. The van der Waals surface area contributed by atoms with E-state index in [4.69, 9.17) is 11.5 Å². The van der Waals surface area contributed by atoms with E-state index in [1.807, 2.05) is 0 Å². The highest BCUT2D eigenvalue weighted by Gasteiger charge is 2.16. The molecule has 1 saturated carbocycles. The van der Waals surface area contributed by atoms with Crippen LogP contribution in [-0.4, -0.2) is 12.1 Å². The molecule has 1 aliphatic carbocycles. The highest BCUT2D eigenvalue weighted by atomic mass is 35.5. The Labute approximate surface area is 74.5 Å². The zero-order valence-corrected chi connectivity index (χ0v) is 7.59. The van der Waals surface area contributed by atoms with Gasteiger partial charge in [-0.05, 0) is 12.8 Å². The van der Waals surface area contributed by atoms with E-state index in [-0.39, 0.29) is 36.9 Å². The summed E-state index contributed by atoms with van der Waals surface area (Å²) in [6.07, 6.45) is 4.80. The van der Waals surface area contributed by atoms with E-state index in [9.17, 15) is 0 Å². The van der Waals surface area contributed by atoms with Crippen molar-refractivity contribution < 1.29 is 0 Å². The SMILES string of the molecule is Cl.Cl.N[C@H]1CCCC[C@@H]1N. The minimum atomic E-state index is 0. The van der Waals surface area contributed by atoms with Gasteiger partial charge >= 0.3 is 0 Å². The van der Waals surface area contributed by atoms with Crippen molar-refractivity contribution in [3.63, 3.8) is 0 Å². The standard InChI is InChI=1S/C6H14N2.2ClH/c7-5-3-1-2-4-6(5)8;;/h5-6H,1-4,7-8H2;2*1H/t5-,6-;;/m0../s1. The van der Waals surface area contributed by atoms with E-state index in [1.54, 1.807) is 0 Å². The van der Waals surface area contributed by atoms with Gasteiger partial charge in [0, 0.05) is 12.1 Å². The van der Waals surface area contributed by atoms with E-state index in [1.165, 1.54) is 12.8 Å². The summed E-state index contributed by atoms with van der Waals surface area (Å²) in [4.78, 5) is 0. The van der Waals surface area contributed by atoms with Gasteiger partial charge in [-0.3, -0.25) is 0 Å². The van der Waals surface area contributed by atoms with Crippen molar-refractivity contribution in [3.05, 3.63) is 0 Å². The second-order valence-corrected chi connectivity index (χ2v) is 2.61. The number of nitrogens with two attached hydrogens (primary N) is 2. The molecule has 10 heavy (non-hydrogen) atoms. The third-order valence-electron chi connectivity index (χ3n) is 1.87. The third kappa shape index (κ3) is 3.62. The number of halogens is 2. The molecule has 2 nitrogen and oxygen atoms in total. The van der Waals surface area contributed by atoms with Crippen LogP contribution in [0.15, 0.2) is 0 Å². The van der Waals surface area contributed by atoms with Crippen molar-refractivity contribution >= 4 is 24.8 Å². The van der Waals surface area contributed by atoms with Gasteiger partial charge in [0.15, 0.2) is 0 Å². The van der Waals surface area contributed by atoms with Crippen molar-refractivity contribution in [1.29, 1.82) is 0 Å². The van der Waals surface area contributed by atoms with Crippen molar-refractivity contribution in [2.75, 3.05) is 0 Å². The van der Waals surface area contributed by atoms with Crippen LogP contribution in [0, 0.1) is 0 Å². The molecule has 0 aromatic rings. The number of hydrogen-bond donors (Lipinski definition) is 2. The summed E-state index contributed by atoms with van der Waals surface area (Å²) >= 11 is 0. The Bertz CT molecular complexity index is 70.1. The minimum absolute atomic E-state index is 0. The lowest BCUT2D eigenvalue weighted by Crippen LogP contribution is -2.43. The molecular formula is C6H16Cl2N2. The first kappa shape index (κ1) is 13.1. The monoisotopic (exact) mass is 186 g/mol. The van der Waals surface area contributed by atoms with Crippen LogP contribution in [0.3, 0.4) is 0 Å². The maximum atomic E-state index is 5.65. The molecule has 0 aromatic heterocycles. The molecule has 4 heteroatoms. The number of hydrogen-bond acceptors (Lipinski definition) is 2. The molecular weight excluding hydrogens is 171 g/mol. The van der Waals surface area contributed by atoms with Crippen LogP contribution < -0.4 is 11.5 Å². The van der Waals surface area contributed by atoms with Gasteiger partial charge in [0.2, 0.25) is 0 Å². The Morgan fingerprint density at radius 2 is 1.10 bits per heavy atom. The largest absolute Gasteiger partial charge is 0.326 e. The van der Waals surface area contributed by atoms with Gasteiger partial charge in [0.1, 0.15) is 0 Å². The smallest absolute Gasteiger partial charge is 0.0192 e. The first-order valence-electron chi connectivity index (χ1n) is 3.32. The zero-order chi connectivity index (χ0) is 5.98. The van der Waals surface area contributed by atoms with E-state index in [2.05, 4.69) is 0 Å². The first-order chi connectivity index (χ1) is 3.80. The number of rotatable bonds is 0. The average Bonchev–Trinajstić information content (AvgIpc) is 1.77. The summed E-state index contributed by atoms with van der Waals surface area (Å²) in [5.41, 5.74) is 11.3. The van der Waals surface area contributed by atoms with Crippen LogP contribution in [0.1, 0.15) is 25.7 Å². The van der Waals surface area contributed by atoms with Gasteiger partial charge in [-0.25, -0.2) is 0 Å². The fourth-order valence-electron chi connectivity index (χ4n) is 1.19. The van der Waals surface area contributed by atoms with Crippen LogP contribution in [0.5, 0.6) is 0 Å². The Balaban J connectivity index is 0. The van der Waals surface area contributed by atoms with E-state index in [0.717, 1.165) is 12.8 Å². The quantitative estimate of drug-likeness (QED) is 0.595. The Morgan fingerprint density at radius 1 is 0.800 bits per heavy atom. The van der Waals surface area contributed by atoms with Crippen LogP contribution in [0.2, 0.25) is 0 Å². The summed E-state index contributed by atoms with van der Waals surface area (Å²) < 4.78 is 0. The fourth-order valence-corrected chi connectivity index (χ4v) is 1.19. The fraction of sp³-hybridized carbons (Fsp3) is 1.00. The topological polar surface area (TPSA) is 52.0 Å². The van der Waals surface area contributed by atoms with E-state index in [0.29, 0.717) is 0 Å². The minimum Gasteiger partial charge on any atom is -0.326 e. The molecule has 2 atom stereocenters. The predicted octanol–water partition coefficient (Wildman–Crippen LogP) is 1.06. The molecule has 0 saturated heterocycles. The van der Waals surface area contributed by atoms with Gasteiger partial charge in [-0.15, -0.1) is 24.8 Å². The maximum Gasteiger partial charge on any atom is 0.0192 e. The summed E-state index contributed by atoms with van der Waals surface area (Å²) in [5.74, 6) is 0. The molecule has 4 N–H and O–H groups in total. The summed E-state index contributed by atoms with van der Waals surface area (Å²) in [6.45, 7) is 0. The molecule has 1 fully saturated rings. The highest BCUT2D eigenvalue weighted by molar-refractivity contribution is 5.85. The average molecular weight is 187 g/mol. The van der Waals surface area contributed by atoms with Crippen LogP contribution in [-0.2, 0) is 0 Å². The lowest BCUT2D eigenvalue weighted by molar-refractivity contribution is 0.385. The third-order valence-corrected chi connectivity index (χ3v) is 1.87. The van der Waals surface area contributed by atoms with Crippen molar-refractivity contribution in [3.8, 4) is 0 Å². The van der Waals surface area contributed by atoms with Gasteiger partial charge in [0.25, 0.3) is 0 Å². The molecule has 0 bridgehead atoms. The molecule has 0 radical (unpaired) electrons. The zero-order valence-electron chi connectivity index (χ0n) is 5.95. The Morgan fingerprint density at radius 3 is 1.30 bits per heavy atom. The molecule has 0 unspecified atom stereocenters. The molecule has 0 amide bonds. The van der Waals surface area contributed by atoms with Gasteiger partial charge < -0.3 is 11.5 Å². The predicted molar refractivity (Wildman–Crippen MR) is 48.9 cm³/mol. The molecule has 0 spiro atoms. The lowest BCUT2D eigenvalue weighted by atomic mass is 9.92. The van der Waals surface area contributed by atoms with Crippen molar-refractivity contribution in [2.45, 2.75) is 37.8 Å². The van der Waals surface area contributed by atoms with Crippen molar-refractivity contribution in [2.24, 2.45) is 11.5 Å². The first-order valence-corrected chi connectivity index (χ1v) is 3.32. The molecule has 0 aliphatic heterocycles. The second-order valence-electron chi connectivity index (χ2n) is 2.61.